The maximum atomic E-state index is 6.23. The number of likely N-dealkylation sites (tertiary alicyclic amines) is 1. The molecular weight excluding hydrogens is 208 g/mol. The summed E-state index contributed by atoms with van der Waals surface area (Å²) in [5.41, 5.74) is 6.55. The van der Waals surface area contributed by atoms with Crippen LogP contribution < -0.4 is 5.73 Å². The van der Waals surface area contributed by atoms with Gasteiger partial charge in [-0.2, -0.15) is 0 Å². The van der Waals surface area contributed by atoms with Crippen molar-refractivity contribution in [3.05, 3.63) is 0 Å². The number of nitrogens with zero attached hydrogens (tertiary/aromatic N) is 1. The Morgan fingerprint density at radius 2 is 1.82 bits per heavy atom. The molecule has 2 N–H and O–H groups in total. The average Bonchev–Trinajstić information content (AvgIpc) is 2.56. The molecular formula is C15H30N2. The normalized spacial score (nSPS) is 41.1. The van der Waals surface area contributed by atoms with E-state index in [1.54, 1.807) is 0 Å². The Labute approximate surface area is 107 Å². The smallest absolute Gasteiger partial charge is 0.0360 e. The summed E-state index contributed by atoms with van der Waals surface area (Å²) in [6.07, 6.45) is 11.1. The third-order valence-electron chi connectivity index (χ3n) is 5.39. The van der Waals surface area contributed by atoms with E-state index in [4.69, 9.17) is 5.73 Å². The van der Waals surface area contributed by atoms with E-state index in [2.05, 4.69) is 18.7 Å². The fourth-order valence-electron chi connectivity index (χ4n) is 4.18. The molecule has 1 saturated carbocycles. The molecule has 2 heteroatoms. The Hall–Kier alpha value is -0.0800. The Bertz CT molecular complexity index is 241. The van der Waals surface area contributed by atoms with Crippen LogP contribution in [0.2, 0.25) is 0 Å². The average molecular weight is 238 g/mol. The van der Waals surface area contributed by atoms with Crippen LogP contribution in [0.1, 0.15) is 65.2 Å². The lowest BCUT2D eigenvalue weighted by molar-refractivity contribution is -0.0118. The van der Waals surface area contributed by atoms with Crippen LogP contribution in [0.15, 0.2) is 0 Å². The molecule has 0 aromatic rings. The molecule has 2 aliphatic rings. The van der Waals surface area contributed by atoms with Crippen molar-refractivity contribution in [2.75, 3.05) is 13.1 Å². The van der Waals surface area contributed by atoms with Crippen LogP contribution in [0, 0.1) is 5.92 Å². The van der Waals surface area contributed by atoms with Crippen molar-refractivity contribution in [3.63, 3.8) is 0 Å². The van der Waals surface area contributed by atoms with Gasteiger partial charge in [-0.3, -0.25) is 4.90 Å². The zero-order valence-corrected chi connectivity index (χ0v) is 11.8. The molecule has 0 bridgehead atoms. The van der Waals surface area contributed by atoms with Gasteiger partial charge in [-0.05, 0) is 45.1 Å². The first-order chi connectivity index (χ1) is 8.20. The van der Waals surface area contributed by atoms with E-state index in [9.17, 15) is 0 Å². The minimum absolute atomic E-state index is 0.321. The Morgan fingerprint density at radius 1 is 1.06 bits per heavy atom. The first kappa shape index (κ1) is 13.4. The molecule has 2 fully saturated rings. The van der Waals surface area contributed by atoms with Gasteiger partial charge in [-0.1, -0.05) is 32.6 Å². The third-order valence-corrected chi connectivity index (χ3v) is 5.39. The summed E-state index contributed by atoms with van der Waals surface area (Å²) in [4.78, 5) is 2.80. The first-order valence-electron chi connectivity index (χ1n) is 7.67. The molecule has 3 atom stereocenters. The van der Waals surface area contributed by atoms with Crippen molar-refractivity contribution in [2.24, 2.45) is 11.7 Å². The highest BCUT2D eigenvalue weighted by atomic mass is 15.2. The van der Waals surface area contributed by atoms with E-state index in [1.165, 1.54) is 57.9 Å². The number of hydrogen-bond acceptors (Lipinski definition) is 2. The predicted molar refractivity (Wildman–Crippen MR) is 74.1 cm³/mol. The molecule has 0 aromatic heterocycles. The van der Waals surface area contributed by atoms with Crippen LogP contribution in [0.3, 0.4) is 0 Å². The van der Waals surface area contributed by atoms with E-state index >= 15 is 0 Å². The van der Waals surface area contributed by atoms with Gasteiger partial charge < -0.3 is 5.73 Å². The highest BCUT2D eigenvalue weighted by Crippen LogP contribution is 2.40. The summed E-state index contributed by atoms with van der Waals surface area (Å²) in [5.74, 6) is 0.779. The molecule has 100 valence electrons. The molecule has 0 spiro atoms. The fourth-order valence-corrected chi connectivity index (χ4v) is 4.18. The summed E-state index contributed by atoms with van der Waals surface area (Å²) in [7, 11) is 0. The van der Waals surface area contributed by atoms with Gasteiger partial charge in [0.2, 0.25) is 0 Å². The summed E-state index contributed by atoms with van der Waals surface area (Å²) in [5, 5.41) is 0. The second kappa shape index (κ2) is 5.71. The Kier molecular flexibility index (Phi) is 4.48. The van der Waals surface area contributed by atoms with Gasteiger partial charge in [0.05, 0.1) is 0 Å². The van der Waals surface area contributed by atoms with Crippen LogP contribution in [-0.4, -0.2) is 29.6 Å². The number of hydrogen-bond donors (Lipinski definition) is 1. The highest BCUT2D eigenvalue weighted by Gasteiger charge is 2.43. The minimum atomic E-state index is 0.321. The second-order valence-electron chi connectivity index (χ2n) is 6.35. The monoisotopic (exact) mass is 238 g/mol. The standard InChI is InChI=1S/C15H30N2/c1-13-8-5-6-10-15(13,12-16)17-11-7-3-4-9-14(17)2/h13-14H,3-12,16H2,1-2H3. The highest BCUT2D eigenvalue weighted by molar-refractivity contribution is 5.00. The molecule has 17 heavy (non-hydrogen) atoms. The minimum Gasteiger partial charge on any atom is -0.329 e. The molecule has 3 unspecified atom stereocenters. The van der Waals surface area contributed by atoms with E-state index in [0.717, 1.165) is 18.5 Å². The largest absolute Gasteiger partial charge is 0.329 e. The van der Waals surface area contributed by atoms with Gasteiger partial charge in [-0.25, -0.2) is 0 Å². The Balaban J connectivity index is 2.19. The lowest BCUT2D eigenvalue weighted by atomic mass is 9.71. The van der Waals surface area contributed by atoms with Crippen molar-refractivity contribution in [2.45, 2.75) is 76.8 Å². The fraction of sp³-hybridized carbons (Fsp3) is 1.00. The van der Waals surface area contributed by atoms with Gasteiger partial charge in [0.1, 0.15) is 0 Å². The molecule has 0 aromatic carbocycles. The summed E-state index contributed by atoms with van der Waals surface area (Å²) < 4.78 is 0. The molecule has 0 amide bonds. The van der Waals surface area contributed by atoms with Gasteiger partial charge in [0.15, 0.2) is 0 Å². The van der Waals surface area contributed by atoms with Gasteiger partial charge in [0, 0.05) is 18.1 Å². The SMILES string of the molecule is CC1CCCCCN1C1(CN)CCCCC1C. The molecule has 1 heterocycles. The van der Waals surface area contributed by atoms with E-state index in [0.29, 0.717) is 5.54 Å². The lowest BCUT2D eigenvalue weighted by Crippen LogP contribution is -2.61. The van der Waals surface area contributed by atoms with Crippen molar-refractivity contribution in [1.82, 2.24) is 4.90 Å². The van der Waals surface area contributed by atoms with E-state index in [-0.39, 0.29) is 0 Å². The molecule has 1 aliphatic heterocycles. The maximum absolute atomic E-state index is 6.23. The van der Waals surface area contributed by atoms with Crippen molar-refractivity contribution in [1.29, 1.82) is 0 Å². The number of rotatable bonds is 2. The van der Waals surface area contributed by atoms with Crippen molar-refractivity contribution in [3.8, 4) is 0 Å². The third kappa shape index (κ3) is 2.53. The molecule has 0 radical (unpaired) electrons. The summed E-state index contributed by atoms with van der Waals surface area (Å²) in [6, 6.07) is 0.738. The Morgan fingerprint density at radius 3 is 2.53 bits per heavy atom. The first-order valence-corrected chi connectivity index (χ1v) is 7.67. The van der Waals surface area contributed by atoms with E-state index < -0.39 is 0 Å². The lowest BCUT2D eigenvalue weighted by Gasteiger charge is -2.52. The van der Waals surface area contributed by atoms with E-state index in [1.807, 2.05) is 0 Å². The van der Waals surface area contributed by atoms with Crippen LogP contribution in [0.4, 0.5) is 0 Å². The van der Waals surface area contributed by atoms with Gasteiger partial charge >= 0.3 is 0 Å². The van der Waals surface area contributed by atoms with Crippen LogP contribution in [0.25, 0.3) is 0 Å². The van der Waals surface area contributed by atoms with Gasteiger partial charge in [-0.15, -0.1) is 0 Å². The zero-order chi connectivity index (χ0) is 12.3. The number of nitrogens with two attached hydrogens (primary N) is 1. The van der Waals surface area contributed by atoms with Crippen molar-refractivity contribution < 1.29 is 0 Å². The van der Waals surface area contributed by atoms with Crippen LogP contribution >= 0.6 is 0 Å². The van der Waals surface area contributed by atoms with Crippen LogP contribution in [-0.2, 0) is 0 Å². The van der Waals surface area contributed by atoms with Gasteiger partial charge in [0.25, 0.3) is 0 Å². The zero-order valence-electron chi connectivity index (χ0n) is 11.8. The topological polar surface area (TPSA) is 29.3 Å². The second-order valence-corrected chi connectivity index (χ2v) is 6.35. The quantitative estimate of drug-likeness (QED) is 0.800. The predicted octanol–water partition coefficient (Wildman–Crippen LogP) is 3.16. The molecule has 2 nitrogen and oxygen atoms in total. The summed E-state index contributed by atoms with van der Waals surface area (Å²) in [6.45, 7) is 6.99. The summed E-state index contributed by atoms with van der Waals surface area (Å²) >= 11 is 0. The molecule has 1 saturated heterocycles. The molecule has 1 aliphatic carbocycles. The van der Waals surface area contributed by atoms with Crippen LogP contribution in [0.5, 0.6) is 0 Å². The van der Waals surface area contributed by atoms with Crippen molar-refractivity contribution >= 4 is 0 Å². The molecule has 2 rings (SSSR count). The maximum Gasteiger partial charge on any atom is 0.0360 e.